The minimum Gasteiger partial charge on any atom is -0.355 e. The summed E-state index contributed by atoms with van der Waals surface area (Å²) in [6.07, 6.45) is -8.59. The van der Waals surface area contributed by atoms with Crippen LogP contribution in [0.25, 0.3) is 10.6 Å². The van der Waals surface area contributed by atoms with Gasteiger partial charge in [-0.15, -0.1) is 11.3 Å². The first-order valence-electron chi connectivity index (χ1n) is 9.67. The Morgan fingerprint density at radius 3 is 2.56 bits per heavy atom. The van der Waals surface area contributed by atoms with Crippen LogP contribution in [0.3, 0.4) is 0 Å². The molecule has 1 aromatic carbocycles. The van der Waals surface area contributed by atoms with E-state index in [1.807, 2.05) is 11.4 Å². The van der Waals surface area contributed by atoms with Gasteiger partial charge in [-0.2, -0.15) is 26.3 Å². The number of hydrogen-bond acceptors (Lipinski definition) is 5. The van der Waals surface area contributed by atoms with E-state index in [-0.39, 0.29) is 17.3 Å². The lowest BCUT2D eigenvalue weighted by atomic mass is 10.0. The summed E-state index contributed by atoms with van der Waals surface area (Å²) < 4.78 is 85.3. The highest BCUT2D eigenvalue weighted by atomic mass is 32.1. The number of benzene rings is 1. The highest BCUT2D eigenvalue weighted by Gasteiger charge is 2.40. The van der Waals surface area contributed by atoms with Crippen LogP contribution in [0.4, 0.5) is 26.3 Å². The van der Waals surface area contributed by atoms with E-state index in [0.717, 1.165) is 10.9 Å². The highest BCUT2D eigenvalue weighted by Crippen LogP contribution is 2.37. The van der Waals surface area contributed by atoms with E-state index in [2.05, 4.69) is 15.6 Å². The first-order valence-corrected chi connectivity index (χ1v) is 10.6. The number of nitrogens with one attached hydrogen (secondary N) is 1. The van der Waals surface area contributed by atoms with Crippen LogP contribution >= 0.6 is 11.3 Å². The van der Waals surface area contributed by atoms with Gasteiger partial charge in [0.05, 0.1) is 16.0 Å². The minimum absolute atomic E-state index is 0.00477. The maximum Gasteiger partial charge on any atom is 0.416 e. The molecule has 178 valence electrons. The van der Waals surface area contributed by atoms with Gasteiger partial charge < -0.3 is 9.84 Å². The summed E-state index contributed by atoms with van der Waals surface area (Å²) >= 11 is 1.40. The van der Waals surface area contributed by atoms with Gasteiger partial charge in [-0.25, -0.2) is 0 Å². The van der Waals surface area contributed by atoms with Gasteiger partial charge in [-0.3, -0.25) is 4.79 Å². The highest BCUT2D eigenvalue weighted by molar-refractivity contribution is 7.13. The number of alkyl halides is 6. The molecule has 6 nitrogen and oxygen atoms in total. The van der Waals surface area contributed by atoms with Crippen molar-refractivity contribution in [3.63, 3.8) is 0 Å². The van der Waals surface area contributed by atoms with Crippen molar-refractivity contribution in [2.24, 2.45) is 5.10 Å². The second kappa shape index (κ2) is 8.70. The topological polar surface area (TPSA) is 70.5 Å². The van der Waals surface area contributed by atoms with E-state index in [0.29, 0.717) is 17.5 Å². The second-order valence-electron chi connectivity index (χ2n) is 7.34. The number of hydrogen-bond donors (Lipinski definition) is 1. The predicted molar refractivity (Wildman–Crippen MR) is 111 cm³/mol. The van der Waals surface area contributed by atoms with Gasteiger partial charge >= 0.3 is 12.4 Å². The van der Waals surface area contributed by atoms with Crippen molar-refractivity contribution in [2.45, 2.75) is 31.9 Å². The Balaban J connectivity index is 1.52. The number of carbonyl (C=O) groups is 1. The number of halogens is 6. The molecular formula is C21H15F6N4O2S+. The van der Waals surface area contributed by atoms with Gasteiger partial charge in [0.15, 0.2) is 24.0 Å². The third-order valence-electron chi connectivity index (χ3n) is 5.07. The lowest BCUT2D eigenvalue weighted by Gasteiger charge is -2.14. The molecule has 0 aliphatic carbocycles. The Morgan fingerprint density at radius 1 is 1.15 bits per heavy atom. The van der Waals surface area contributed by atoms with E-state index < -0.39 is 42.0 Å². The van der Waals surface area contributed by atoms with Gasteiger partial charge in [0, 0.05) is 18.6 Å². The van der Waals surface area contributed by atoms with E-state index in [9.17, 15) is 31.1 Å². The van der Waals surface area contributed by atoms with Crippen molar-refractivity contribution in [1.29, 1.82) is 0 Å². The van der Waals surface area contributed by atoms with E-state index >= 15 is 0 Å². The molecule has 1 amide bonds. The molecule has 4 rings (SSSR count). The molecule has 1 atom stereocenters. The molecule has 3 aromatic rings. The Morgan fingerprint density at radius 2 is 1.91 bits per heavy atom. The van der Waals surface area contributed by atoms with Crippen molar-refractivity contribution >= 4 is 29.2 Å². The van der Waals surface area contributed by atoms with Crippen molar-refractivity contribution in [2.75, 3.05) is 0 Å². The third-order valence-corrected chi connectivity index (χ3v) is 5.95. The van der Waals surface area contributed by atoms with Gasteiger partial charge in [-0.1, -0.05) is 22.0 Å². The van der Waals surface area contributed by atoms with Gasteiger partial charge in [0.25, 0.3) is 5.91 Å². The van der Waals surface area contributed by atoms with Crippen LogP contribution in [0.15, 0.2) is 51.4 Å². The molecule has 0 spiro atoms. The molecule has 13 heteroatoms. The van der Waals surface area contributed by atoms with Crippen LogP contribution < -0.4 is 5.32 Å². The molecule has 1 unspecified atom stereocenters. The van der Waals surface area contributed by atoms with Crippen molar-refractivity contribution in [3.05, 3.63) is 64.2 Å². The number of hydrazone groups is 1. The summed E-state index contributed by atoms with van der Waals surface area (Å²) in [5.41, 5.74) is -2.80. The standard InChI is InChI=1S/C21H14F6N4O2S/c1-11-16(29-19(32)15-8-17(33-30-15)18-3-2-6-34-18)9-28-31(11)10-12-4-5-13(20(22,23)24)7-14(12)21(25,26)27/h2-9,16H,10H2,1H3/p+1. The van der Waals surface area contributed by atoms with Crippen molar-refractivity contribution in [1.82, 2.24) is 10.5 Å². The quantitative estimate of drug-likeness (QED) is 0.386. The fraction of sp³-hybridized carbons (Fsp3) is 0.238. The van der Waals surface area contributed by atoms with Crippen LogP contribution in [-0.4, -0.2) is 33.7 Å². The summed E-state index contributed by atoms with van der Waals surface area (Å²) in [4.78, 5) is 13.3. The van der Waals surface area contributed by atoms with Crippen LogP contribution in [0.5, 0.6) is 0 Å². The third kappa shape index (κ3) is 4.88. The number of aromatic nitrogens is 1. The van der Waals surface area contributed by atoms with Crippen LogP contribution in [0.1, 0.15) is 34.1 Å². The van der Waals surface area contributed by atoms with Crippen LogP contribution in [0, 0.1) is 0 Å². The molecule has 0 fully saturated rings. The lowest BCUT2D eigenvalue weighted by molar-refractivity contribution is -0.547. The normalized spacial score (nSPS) is 16.4. The predicted octanol–water partition coefficient (Wildman–Crippen LogP) is 5.21. The number of rotatable bonds is 5. The van der Waals surface area contributed by atoms with E-state index in [4.69, 9.17) is 4.52 Å². The molecule has 1 N–H and O–H groups in total. The molecule has 0 saturated carbocycles. The zero-order valence-corrected chi connectivity index (χ0v) is 18.1. The zero-order chi connectivity index (χ0) is 24.7. The maximum atomic E-state index is 13.4. The second-order valence-corrected chi connectivity index (χ2v) is 8.28. The molecule has 34 heavy (non-hydrogen) atoms. The number of carbonyl (C=O) groups excluding carboxylic acids is 1. The van der Waals surface area contributed by atoms with Gasteiger partial charge in [0.2, 0.25) is 5.71 Å². The number of nitrogens with zero attached hydrogens (tertiary/aromatic N) is 3. The molecule has 2 aromatic heterocycles. The van der Waals surface area contributed by atoms with Gasteiger partial charge in [-0.05, 0) is 28.7 Å². The largest absolute Gasteiger partial charge is 0.416 e. The average Bonchev–Trinajstić information content (AvgIpc) is 3.50. The Bertz CT molecular complexity index is 1280. The minimum atomic E-state index is -4.99. The SMILES string of the molecule is CC1=[N+](Cc2ccc(C(F)(F)F)cc2C(F)(F)F)N=CC1NC(=O)c1cc(-c2cccs2)on1. The fourth-order valence-corrected chi connectivity index (χ4v) is 3.94. The summed E-state index contributed by atoms with van der Waals surface area (Å²) in [5, 5.41) is 12.2. The Kier molecular flexibility index (Phi) is 6.06. The van der Waals surface area contributed by atoms with Crippen LogP contribution in [-0.2, 0) is 18.9 Å². The van der Waals surface area contributed by atoms with E-state index in [1.165, 1.54) is 35.2 Å². The average molecular weight is 501 g/mol. The molecule has 1 aliphatic rings. The first-order chi connectivity index (χ1) is 15.9. The molecule has 0 bridgehead atoms. The number of amides is 1. The number of thiophene rings is 1. The van der Waals surface area contributed by atoms with Crippen LogP contribution in [0.2, 0.25) is 0 Å². The molecule has 0 saturated heterocycles. The monoisotopic (exact) mass is 501 g/mol. The lowest BCUT2D eigenvalue weighted by Crippen LogP contribution is -2.40. The Hall–Kier alpha value is -3.48. The first kappa shape index (κ1) is 23.7. The molecule has 1 aliphatic heterocycles. The maximum absolute atomic E-state index is 13.4. The summed E-state index contributed by atoms with van der Waals surface area (Å²) in [7, 11) is 0. The van der Waals surface area contributed by atoms with Crippen molar-refractivity contribution < 1.29 is 40.3 Å². The molecular weight excluding hydrogens is 486 g/mol. The molecule has 0 radical (unpaired) electrons. The van der Waals surface area contributed by atoms with Crippen molar-refractivity contribution in [3.8, 4) is 10.6 Å². The van der Waals surface area contributed by atoms with E-state index in [1.54, 1.807) is 6.07 Å². The fourth-order valence-electron chi connectivity index (χ4n) is 3.26. The van der Waals surface area contributed by atoms with Gasteiger partial charge in [0.1, 0.15) is 6.21 Å². The zero-order valence-electron chi connectivity index (χ0n) is 17.2. The molecule has 3 heterocycles. The Labute approximate surface area is 192 Å². The summed E-state index contributed by atoms with van der Waals surface area (Å²) in [5.74, 6) is -0.181. The smallest absolute Gasteiger partial charge is 0.355 e. The summed E-state index contributed by atoms with van der Waals surface area (Å²) in [6.45, 7) is 1.10. The summed E-state index contributed by atoms with van der Waals surface area (Å²) in [6, 6.07) is 5.76.